The first-order valence-electron chi connectivity index (χ1n) is 6.11. The first-order valence-corrected chi connectivity index (χ1v) is 6.11. The van der Waals surface area contributed by atoms with Crippen LogP contribution in [-0.4, -0.2) is 33.4 Å². The van der Waals surface area contributed by atoms with Crippen LogP contribution in [-0.2, 0) is 6.54 Å². The van der Waals surface area contributed by atoms with E-state index in [0.717, 1.165) is 11.8 Å². The van der Waals surface area contributed by atoms with Crippen LogP contribution >= 0.6 is 0 Å². The van der Waals surface area contributed by atoms with Gasteiger partial charge in [0, 0.05) is 31.5 Å². The minimum atomic E-state index is -1.12. The van der Waals surface area contributed by atoms with Gasteiger partial charge in [-0.1, -0.05) is 0 Å². The van der Waals surface area contributed by atoms with E-state index < -0.39 is 5.97 Å². The van der Waals surface area contributed by atoms with Crippen LogP contribution in [0.4, 0.5) is 0 Å². The van der Waals surface area contributed by atoms with Crippen LogP contribution in [0.15, 0.2) is 41.3 Å². The van der Waals surface area contributed by atoms with Gasteiger partial charge in [-0.15, -0.1) is 0 Å². The Balaban J connectivity index is 2.14. The molecule has 6 heteroatoms. The van der Waals surface area contributed by atoms with E-state index in [-0.39, 0.29) is 17.2 Å². The van der Waals surface area contributed by atoms with Gasteiger partial charge < -0.3 is 14.4 Å². The summed E-state index contributed by atoms with van der Waals surface area (Å²) in [6.07, 6.45) is 4.38. The van der Waals surface area contributed by atoms with E-state index in [9.17, 15) is 9.59 Å². The number of carbonyl (C=O) groups excluding carboxylic acids is 1. The van der Waals surface area contributed by atoms with Crippen molar-refractivity contribution in [2.24, 2.45) is 0 Å². The largest absolute Gasteiger partial charge is 0.478 e. The number of hydrogen-bond acceptors (Lipinski definition) is 4. The molecule has 2 heterocycles. The third kappa shape index (κ3) is 3.03. The molecule has 0 bridgehead atoms. The molecule has 0 aliphatic heterocycles. The Morgan fingerprint density at radius 1 is 1.35 bits per heavy atom. The lowest BCUT2D eigenvalue weighted by atomic mass is 10.2. The molecule has 20 heavy (non-hydrogen) atoms. The molecule has 1 N–H and O–H groups in total. The Labute approximate surface area is 115 Å². The van der Waals surface area contributed by atoms with Crippen molar-refractivity contribution in [3.8, 4) is 0 Å². The summed E-state index contributed by atoms with van der Waals surface area (Å²) in [5.41, 5.74) is 0.911. The van der Waals surface area contributed by atoms with Gasteiger partial charge in [0.25, 0.3) is 5.91 Å². The fourth-order valence-corrected chi connectivity index (χ4v) is 1.75. The summed E-state index contributed by atoms with van der Waals surface area (Å²) >= 11 is 0. The Kier molecular flexibility index (Phi) is 4.14. The highest BCUT2D eigenvalue weighted by atomic mass is 16.4. The Bertz CT molecular complexity index is 607. The zero-order valence-electron chi connectivity index (χ0n) is 10.9. The molecule has 0 saturated carbocycles. The molecule has 0 saturated heterocycles. The monoisotopic (exact) mass is 274 g/mol. The number of aromatic carboxylic acids is 1. The minimum Gasteiger partial charge on any atom is -0.478 e. The summed E-state index contributed by atoms with van der Waals surface area (Å²) in [4.78, 5) is 28.5. The van der Waals surface area contributed by atoms with Crippen molar-refractivity contribution in [2.45, 2.75) is 13.5 Å². The van der Waals surface area contributed by atoms with Crippen molar-refractivity contribution in [1.82, 2.24) is 9.88 Å². The van der Waals surface area contributed by atoms with Gasteiger partial charge >= 0.3 is 5.97 Å². The highest BCUT2D eigenvalue weighted by molar-refractivity contribution is 5.95. The van der Waals surface area contributed by atoms with Gasteiger partial charge in [0.15, 0.2) is 5.76 Å². The summed E-state index contributed by atoms with van der Waals surface area (Å²) in [6.45, 7) is 2.76. The summed E-state index contributed by atoms with van der Waals surface area (Å²) in [5, 5.41) is 8.82. The second-order valence-corrected chi connectivity index (χ2v) is 4.18. The number of amides is 1. The molecule has 0 fully saturated rings. The number of furan rings is 1. The van der Waals surface area contributed by atoms with Crippen LogP contribution in [0.5, 0.6) is 0 Å². The lowest BCUT2D eigenvalue weighted by molar-refractivity contribution is 0.0693. The zero-order chi connectivity index (χ0) is 14.5. The van der Waals surface area contributed by atoms with E-state index in [1.807, 2.05) is 19.1 Å². The average molecular weight is 274 g/mol. The molecule has 0 aliphatic carbocycles. The second kappa shape index (κ2) is 6.01. The minimum absolute atomic E-state index is 0.0262. The number of carboxylic acids is 1. The van der Waals surface area contributed by atoms with Crippen LogP contribution in [0.25, 0.3) is 0 Å². The summed E-state index contributed by atoms with van der Waals surface area (Å²) in [7, 11) is 0. The molecule has 0 atom stereocenters. The highest BCUT2D eigenvalue weighted by Crippen LogP contribution is 2.13. The molecule has 2 rings (SSSR count). The van der Waals surface area contributed by atoms with Gasteiger partial charge in [0.05, 0.1) is 5.56 Å². The van der Waals surface area contributed by atoms with Crippen molar-refractivity contribution < 1.29 is 19.1 Å². The SMILES string of the molecule is CCN(Cc1ccncc1)C(=O)c1cc(C(=O)O)co1. The van der Waals surface area contributed by atoms with Crippen molar-refractivity contribution in [3.63, 3.8) is 0 Å². The molecule has 1 amide bonds. The summed E-state index contributed by atoms with van der Waals surface area (Å²) in [5.74, 6) is -1.43. The summed E-state index contributed by atoms with van der Waals surface area (Å²) < 4.78 is 5.02. The molecule has 6 nitrogen and oxygen atoms in total. The van der Waals surface area contributed by atoms with E-state index in [0.29, 0.717) is 13.1 Å². The number of hydrogen-bond donors (Lipinski definition) is 1. The van der Waals surface area contributed by atoms with Gasteiger partial charge in [-0.3, -0.25) is 9.78 Å². The highest BCUT2D eigenvalue weighted by Gasteiger charge is 2.20. The molecular weight excluding hydrogens is 260 g/mol. The van der Waals surface area contributed by atoms with Gasteiger partial charge in [0.1, 0.15) is 6.26 Å². The first kappa shape index (κ1) is 13.8. The smallest absolute Gasteiger partial charge is 0.338 e. The Hall–Kier alpha value is -2.63. The fraction of sp³-hybridized carbons (Fsp3) is 0.214. The number of aromatic nitrogens is 1. The second-order valence-electron chi connectivity index (χ2n) is 4.18. The van der Waals surface area contributed by atoms with Gasteiger partial charge in [-0.2, -0.15) is 0 Å². The van der Waals surface area contributed by atoms with Gasteiger partial charge in [-0.05, 0) is 24.6 Å². The van der Waals surface area contributed by atoms with E-state index in [4.69, 9.17) is 9.52 Å². The van der Waals surface area contributed by atoms with Crippen LogP contribution in [0.1, 0.15) is 33.4 Å². The average Bonchev–Trinajstić information content (AvgIpc) is 2.95. The number of nitrogens with zero attached hydrogens (tertiary/aromatic N) is 2. The van der Waals surface area contributed by atoms with E-state index in [2.05, 4.69) is 4.98 Å². The molecule has 2 aromatic rings. The normalized spacial score (nSPS) is 10.2. The standard InChI is InChI=1S/C14H14N2O4/c1-2-16(8-10-3-5-15-6-4-10)13(17)12-7-11(9-20-12)14(18)19/h3-7,9H,2,8H2,1H3,(H,18,19). The number of carboxylic acid groups (broad SMARTS) is 1. The Morgan fingerprint density at radius 3 is 2.60 bits per heavy atom. The van der Waals surface area contributed by atoms with E-state index >= 15 is 0 Å². The molecule has 104 valence electrons. The van der Waals surface area contributed by atoms with Gasteiger partial charge in [0.2, 0.25) is 0 Å². The third-order valence-electron chi connectivity index (χ3n) is 2.85. The van der Waals surface area contributed by atoms with Gasteiger partial charge in [-0.25, -0.2) is 4.79 Å². The maximum Gasteiger partial charge on any atom is 0.338 e. The number of carbonyl (C=O) groups is 2. The predicted octanol–water partition coefficient (Wildman–Crippen LogP) is 2.04. The maximum absolute atomic E-state index is 12.2. The van der Waals surface area contributed by atoms with Crippen molar-refractivity contribution in [2.75, 3.05) is 6.54 Å². The quantitative estimate of drug-likeness (QED) is 0.901. The Morgan fingerprint density at radius 2 is 2.05 bits per heavy atom. The fourth-order valence-electron chi connectivity index (χ4n) is 1.75. The molecule has 0 radical (unpaired) electrons. The molecule has 0 unspecified atom stereocenters. The molecular formula is C14H14N2O4. The van der Waals surface area contributed by atoms with Crippen molar-refractivity contribution in [3.05, 3.63) is 53.7 Å². The third-order valence-corrected chi connectivity index (χ3v) is 2.85. The predicted molar refractivity (Wildman–Crippen MR) is 70.3 cm³/mol. The lowest BCUT2D eigenvalue weighted by Gasteiger charge is -2.19. The van der Waals surface area contributed by atoms with Crippen LogP contribution in [0.2, 0.25) is 0 Å². The van der Waals surface area contributed by atoms with Crippen molar-refractivity contribution in [1.29, 1.82) is 0 Å². The zero-order valence-corrected chi connectivity index (χ0v) is 10.9. The first-order chi connectivity index (χ1) is 9.61. The topological polar surface area (TPSA) is 83.6 Å². The van der Waals surface area contributed by atoms with Crippen LogP contribution in [0, 0.1) is 0 Å². The molecule has 2 aromatic heterocycles. The molecule has 0 aliphatic rings. The van der Waals surface area contributed by atoms with E-state index in [1.54, 1.807) is 17.3 Å². The van der Waals surface area contributed by atoms with E-state index in [1.165, 1.54) is 6.07 Å². The van der Waals surface area contributed by atoms with Crippen LogP contribution < -0.4 is 0 Å². The lowest BCUT2D eigenvalue weighted by Crippen LogP contribution is -2.30. The molecule has 0 aromatic carbocycles. The molecule has 0 spiro atoms. The summed E-state index contributed by atoms with van der Waals surface area (Å²) in [6, 6.07) is 4.88. The number of pyridine rings is 1. The number of rotatable bonds is 5. The van der Waals surface area contributed by atoms with Crippen LogP contribution in [0.3, 0.4) is 0 Å². The maximum atomic E-state index is 12.2. The van der Waals surface area contributed by atoms with Crippen molar-refractivity contribution >= 4 is 11.9 Å².